The molecule has 0 atom stereocenters. The first-order chi connectivity index (χ1) is 16.3. The number of ether oxygens (including phenoxy) is 3. The van der Waals surface area contributed by atoms with Crippen molar-refractivity contribution in [2.24, 2.45) is 0 Å². The number of aromatic nitrogens is 1. The first-order valence-electron chi connectivity index (χ1n) is 10.6. The molecule has 1 aliphatic heterocycles. The molecule has 1 aliphatic rings. The molecule has 0 saturated heterocycles. The van der Waals surface area contributed by atoms with E-state index in [0.717, 1.165) is 11.4 Å². The molecule has 0 bridgehead atoms. The number of benzene rings is 2. The van der Waals surface area contributed by atoms with E-state index in [2.05, 4.69) is 4.98 Å². The summed E-state index contributed by atoms with van der Waals surface area (Å²) >= 11 is 0. The second-order valence-corrected chi connectivity index (χ2v) is 9.52. The van der Waals surface area contributed by atoms with Crippen LogP contribution in [-0.4, -0.2) is 62.3 Å². The summed E-state index contributed by atoms with van der Waals surface area (Å²) in [5.74, 6) is 0.263. The molecule has 2 N–H and O–H groups in total. The minimum atomic E-state index is -4.22. The van der Waals surface area contributed by atoms with Gasteiger partial charge in [0.25, 0.3) is 5.56 Å². The van der Waals surface area contributed by atoms with Crippen molar-refractivity contribution in [2.45, 2.75) is 17.9 Å². The Morgan fingerprint density at radius 3 is 2.56 bits per heavy atom. The molecule has 11 heteroatoms. The minimum Gasteiger partial charge on any atom is -0.486 e. The Morgan fingerprint density at radius 1 is 1.15 bits per heavy atom. The van der Waals surface area contributed by atoms with Gasteiger partial charge >= 0.3 is 5.97 Å². The van der Waals surface area contributed by atoms with E-state index in [9.17, 15) is 23.1 Å². The molecule has 0 saturated carbocycles. The van der Waals surface area contributed by atoms with Gasteiger partial charge in [-0.15, -0.1) is 0 Å². The number of aliphatic hydroxyl groups excluding tert-OH is 1. The maximum absolute atomic E-state index is 13.5. The topological polar surface area (TPSA) is 135 Å². The third kappa shape index (κ3) is 4.63. The number of fused-ring (bicyclic) bond motifs is 2. The van der Waals surface area contributed by atoms with Gasteiger partial charge in [0.1, 0.15) is 13.2 Å². The van der Waals surface area contributed by atoms with E-state index in [4.69, 9.17) is 14.2 Å². The fourth-order valence-corrected chi connectivity index (χ4v) is 5.37. The van der Waals surface area contributed by atoms with Crippen LogP contribution in [0, 0.1) is 0 Å². The average Bonchev–Trinajstić information content (AvgIpc) is 2.85. The number of nitrogens with zero attached hydrogens (tertiary/aromatic N) is 1. The number of methoxy groups -OCH3 is 1. The summed E-state index contributed by atoms with van der Waals surface area (Å²) in [6.45, 7) is 0.236. The molecule has 0 spiro atoms. The van der Waals surface area contributed by atoms with Crippen molar-refractivity contribution in [1.82, 2.24) is 9.29 Å². The third-order valence-corrected chi connectivity index (χ3v) is 7.31. The Balaban J connectivity index is 1.75. The van der Waals surface area contributed by atoms with Crippen molar-refractivity contribution in [1.29, 1.82) is 0 Å². The molecule has 0 amide bonds. The highest BCUT2D eigenvalue weighted by Gasteiger charge is 2.30. The van der Waals surface area contributed by atoms with Crippen LogP contribution < -0.4 is 15.0 Å². The Hall–Kier alpha value is -3.41. The first-order valence-corrected chi connectivity index (χ1v) is 12.0. The lowest BCUT2D eigenvalue weighted by atomic mass is 10.1. The van der Waals surface area contributed by atoms with Crippen LogP contribution in [0.15, 0.2) is 52.2 Å². The predicted octanol–water partition coefficient (Wildman–Crippen LogP) is 1.66. The van der Waals surface area contributed by atoms with E-state index in [0.29, 0.717) is 35.6 Å². The fraction of sp³-hybridized carbons (Fsp3) is 0.304. The average molecular weight is 489 g/mol. The molecular weight excluding hydrogens is 464 g/mol. The second-order valence-electron chi connectivity index (χ2n) is 7.61. The Morgan fingerprint density at radius 2 is 1.85 bits per heavy atom. The van der Waals surface area contributed by atoms with Crippen LogP contribution >= 0.6 is 0 Å². The van der Waals surface area contributed by atoms with Gasteiger partial charge in [-0.25, -0.2) is 13.2 Å². The number of hydrogen-bond donors (Lipinski definition) is 2. The summed E-state index contributed by atoms with van der Waals surface area (Å²) in [6, 6.07) is 10.7. The monoisotopic (exact) mass is 488 g/mol. The number of nitrogens with one attached hydrogen (secondary N) is 1. The van der Waals surface area contributed by atoms with Crippen LogP contribution in [0.3, 0.4) is 0 Å². The number of aliphatic hydroxyl groups is 1. The van der Waals surface area contributed by atoms with Gasteiger partial charge < -0.3 is 24.3 Å². The molecule has 0 radical (unpaired) electrons. The van der Waals surface area contributed by atoms with Crippen LogP contribution in [0.4, 0.5) is 0 Å². The van der Waals surface area contributed by atoms with Crippen molar-refractivity contribution in [2.75, 3.05) is 33.5 Å². The molecular formula is C23H24N2O8S. The van der Waals surface area contributed by atoms with Gasteiger partial charge in [-0.3, -0.25) is 4.79 Å². The van der Waals surface area contributed by atoms with Gasteiger partial charge in [0.15, 0.2) is 11.5 Å². The van der Waals surface area contributed by atoms with E-state index >= 15 is 0 Å². The number of rotatable bonds is 8. The maximum Gasteiger partial charge on any atom is 0.339 e. The van der Waals surface area contributed by atoms with E-state index < -0.39 is 21.6 Å². The summed E-state index contributed by atoms with van der Waals surface area (Å²) < 4.78 is 44.0. The highest BCUT2D eigenvalue weighted by Crippen LogP contribution is 2.34. The number of carbonyl (C=O) groups is 1. The zero-order chi connectivity index (χ0) is 24.3. The van der Waals surface area contributed by atoms with Gasteiger partial charge in [0.05, 0.1) is 23.1 Å². The second kappa shape index (κ2) is 9.84. The van der Waals surface area contributed by atoms with E-state index in [1.165, 1.54) is 24.3 Å². The standard InChI is InChI=1S/C23H24N2O8S/c1-31-23(28)17-5-2-3-6-21(17)34(29,30)25(7-4-8-26)14-16-11-15-12-19-20(33-10-9-32-19)13-18(15)24-22(16)27/h2-3,5-6,11-13,26H,4,7-10,14H2,1H3,(H,24,27). The van der Waals surface area contributed by atoms with Crippen LogP contribution in [0.2, 0.25) is 0 Å². The molecule has 34 heavy (non-hydrogen) atoms. The minimum absolute atomic E-state index is 0.0625. The maximum atomic E-state index is 13.5. The molecule has 2 aromatic carbocycles. The van der Waals surface area contributed by atoms with Crippen molar-refractivity contribution in [3.05, 3.63) is 63.9 Å². The van der Waals surface area contributed by atoms with Gasteiger partial charge in [-0.1, -0.05) is 12.1 Å². The number of aromatic amines is 1. The van der Waals surface area contributed by atoms with E-state index in [-0.39, 0.29) is 42.1 Å². The Kier molecular flexibility index (Phi) is 6.87. The summed E-state index contributed by atoms with van der Waals surface area (Å²) in [4.78, 5) is 27.5. The van der Waals surface area contributed by atoms with Gasteiger partial charge in [0, 0.05) is 36.7 Å². The highest BCUT2D eigenvalue weighted by atomic mass is 32.2. The first kappa shape index (κ1) is 23.7. The van der Waals surface area contributed by atoms with Crippen molar-refractivity contribution in [3.63, 3.8) is 0 Å². The molecule has 0 fully saturated rings. The Labute approximate surface area is 195 Å². The van der Waals surface area contributed by atoms with Crippen LogP contribution in [0.25, 0.3) is 10.9 Å². The number of carbonyl (C=O) groups excluding carboxylic acids is 1. The van der Waals surface area contributed by atoms with Gasteiger partial charge in [-0.05, 0) is 30.7 Å². The van der Waals surface area contributed by atoms with Crippen molar-refractivity contribution < 1.29 is 32.5 Å². The summed E-state index contributed by atoms with van der Waals surface area (Å²) in [5.41, 5.74) is 0.143. The predicted molar refractivity (Wildman–Crippen MR) is 123 cm³/mol. The summed E-state index contributed by atoms with van der Waals surface area (Å²) in [7, 11) is -3.05. The molecule has 4 rings (SSSR count). The zero-order valence-electron chi connectivity index (χ0n) is 18.4. The number of hydrogen-bond acceptors (Lipinski definition) is 8. The summed E-state index contributed by atoms with van der Waals surface area (Å²) in [6.07, 6.45) is 0.143. The molecule has 0 aliphatic carbocycles. The van der Waals surface area contributed by atoms with E-state index in [1.807, 2.05) is 0 Å². The third-order valence-electron chi connectivity index (χ3n) is 5.41. The molecule has 10 nitrogen and oxygen atoms in total. The molecule has 0 unspecified atom stereocenters. The largest absolute Gasteiger partial charge is 0.486 e. The lowest BCUT2D eigenvalue weighted by Crippen LogP contribution is -2.35. The van der Waals surface area contributed by atoms with Crippen molar-refractivity contribution >= 4 is 26.9 Å². The number of H-pyrrole nitrogens is 1. The highest BCUT2D eigenvalue weighted by molar-refractivity contribution is 7.89. The smallest absolute Gasteiger partial charge is 0.339 e. The number of esters is 1. The Bertz CT molecular complexity index is 1380. The quantitative estimate of drug-likeness (QED) is 0.457. The molecule has 180 valence electrons. The molecule has 1 aromatic heterocycles. The van der Waals surface area contributed by atoms with E-state index in [1.54, 1.807) is 18.2 Å². The van der Waals surface area contributed by atoms with Gasteiger partial charge in [-0.2, -0.15) is 4.31 Å². The number of sulfonamides is 1. The summed E-state index contributed by atoms with van der Waals surface area (Å²) in [5, 5.41) is 9.96. The molecule has 2 heterocycles. The van der Waals surface area contributed by atoms with Gasteiger partial charge in [0.2, 0.25) is 10.0 Å². The lowest BCUT2D eigenvalue weighted by Gasteiger charge is -2.23. The van der Waals surface area contributed by atoms with Crippen LogP contribution in [0.1, 0.15) is 22.3 Å². The normalized spacial score (nSPS) is 13.3. The lowest BCUT2D eigenvalue weighted by molar-refractivity contribution is 0.0596. The number of pyridine rings is 1. The molecule has 3 aromatic rings. The zero-order valence-corrected chi connectivity index (χ0v) is 19.3. The van der Waals surface area contributed by atoms with Crippen LogP contribution in [-0.2, 0) is 21.3 Å². The van der Waals surface area contributed by atoms with Crippen molar-refractivity contribution in [3.8, 4) is 11.5 Å². The van der Waals surface area contributed by atoms with Crippen LogP contribution in [0.5, 0.6) is 11.5 Å². The SMILES string of the molecule is COC(=O)c1ccccc1S(=O)(=O)N(CCCO)Cc1cc2cc3c(cc2[nH]c1=O)OCCO3. The fourth-order valence-electron chi connectivity index (χ4n) is 3.74.